The van der Waals surface area contributed by atoms with Crippen molar-refractivity contribution in [1.29, 1.82) is 0 Å². The number of aromatic carboxylic acids is 1. The van der Waals surface area contributed by atoms with E-state index >= 15 is 0 Å². The van der Waals surface area contributed by atoms with E-state index in [0.717, 1.165) is 6.07 Å². The van der Waals surface area contributed by atoms with Crippen molar-refractivity contribution >= 4 is 22.6 Å². The molecule has 0 unspecified atom stereocenters. The molecule has 1 aromatic heterocycles. The molecule has 0 atom stereocenters. The van der Waals surface area contributed by atoms with Crippen LogP contribution in [0.1, 0.15) is 28.9 Å². The number of aliphatic hydroxyl groups is 1. The van der Waals surface area contributed by atoms with Crippen molar-refractivity contribution in [3.8, 4) is 0 Å². The van der Waals surface area contributed by atoms with Crippen LogP contribution in [0.5, 0.6) is 0 Å². The number of nitrogens with zero attached hydrogens (tertiary/aromatic N) is 2. The topological polar surface area (TPSA) is 73.7 Å². The number of hydrogen-bond donors (Lipinski definition) is 2. The van der Waals surface area contributed by atoms with Gasteiger partial charge in [0.1, 0.15) is 5.69 Å². The Kier molecular flexibility index (Phi) is 4.08. The molecule has 1 fully saturated rings. The summed E-state index contributed by atoms with van der Waals surface area (Å²) in [5, 5.41) is 19.1. The maximum absolute atomic E-state index is 13.1. The van der Waals surface area contributed by atoms with Crippen LogP contribution in [-0.4, -0.2) is 40.4 Å². The fourth-order valence-corrected chi connectivity index (χ4v) is 2.85. The number of carboxylic acids is 1. The Balaban J connectivity index is 2.17. The standard InChI is InChI=1S/C16H15F3N2O3/c17-16(18,19)14-8-13(21-5-3-10(22)4-6-21)11-7-9(15(23)24)1-2-12(11)20-14/h1-2,7-8,10,22H,3-6H2,(H,23,24). The maximum atomic E-state index is 13.1. The summed E-state index contributed by atoms with van der Waals surface area (Å²) in [6.07, 6.45) is -4.16. The fraction of sp³-hybridized carbons (Fsp3) is 0.375. The molecule has 1 aliphatic heterocycles. The van der Waals surface area contributed by atoms with Gasteiger partial charge in [-0.1, -0.05) is 0 Å². The van der Waals surface area contributed by atoms with E-state index in [1.54, 1.807) is 4.90 Å². The Bertz CT molecular complexity index is 784. The monoisotopic (exact) mass is 340 g/mol. The van der Waals surface area contributed by atoms with Crippen LogP contribution in [0.25, 0.3) is 10.9 Å². The second-order valence-corrected chi connectivity index (χ2v) is 5.78. The van der Waals surface area contributed by atoms with Crippen LogP contribution in [0.4, 0.5) is 18.9 Å². The third-order valence-corrected chi connectivity index (χ3v) is 4.13. The number of aromatic nitrogens is 1. The molecule has 3 rings (SSSR count). The number of carbonyl (C=O) groups is 1. The van der Waals surface area contributed by atoms with E-state index in [2.05, 4.69) is 4.98 Å². The van der Waals surface area contributed by atoms with E-state index < -0.39 is 23.9 Å². The normalized spacial score (nSPS) is 16.6. The number of hydrogen-bond acceptors (Lipinski definition) is 4. The third-order valence-electron chi connectivity index (χ3n) is 4.13. The van der Waals surface area contributed by atoms with Crippen molar-refractivity contribution in [3.63, 3.8) is 0 Å². The largest absolute Gasteiger partial charge is 0.478 e. The van der Waals surface area contributed by atoms with Gasteiger partial charge in [0, 0.05) is 24.2 Å². The zero-order valence-electron chi connectivity index (χ0n) is 12.5. The minimum absolute atomic E-state index is 0.0117. The molecule has 2 aromatic rings. The summed E-state index contributed by atoms with van der Waals surface area (Å²) < 4.78 is 39.4. The summed E-state index contributed by atoms with van der Waals surface area (Å²) >= 11 is 0. The number of pyridine rings is 1. The summed E-state index contributed by atoms with van der Waals surface area (Å²) in [5.74, 6) is -1.16. The highest BCUT2D eigenvalue weighted by Gasteiger charge is 2.34. The number of benzene rings is 1. The maximum Gasteiger partial charge on any atom is 0.433 e. The number of aliphatic hydroxyl groups excluding tert-OH is 1. The molecule has 2 heterocycles. The van der Waals surface area contributed by atoms with Gasteiger partial charge in [0.05, 0.1) is 17.2 Å². The lowest BCUT2D eigenvalue weighted by Gasteiger charge is -2.32. The minimum Gasteiger partial charge on any atom is -0.478 e. The van der Waals surface area contributed by atoms with Crippen molar-refractivity contribution in [2.75, 3.05) is 18.0 Å². The first-order valence-electron chi connectivity index (χ1n) is 7.44. The second-order valence-electron chi connectivity index (χ2n) is 5.78. The highest BCUT2D eigenvalue weighted by molar-refractivity contribution is 5.98. The molecule has 1 saturated heterocycles. The van der Waals surface area contributed by atoms with Gasteiger partial charge in [-0.2, -0.15) is 13.2 Å². The first-order chi connectivity index (χ1) is 11.3. The number of fused-ring (bicyclic) bond motifs is 1. The lowest BCUT2D eigenvalue weighted by atomic mass is 10.0. The van der Waals surface area contributed by atoms with Crippen molar-refractivity contribution in [3.05, 3.63) is 35.5 Å². The van der Waals surface area contributed by atoms with E-state index in [4.69, 9.17) is 5.11 Å². The van der Waals surface area contributed by atoms with Crippen molar-refractivity contribution in [2.24, 2.45) is 0 Å². The molecule has 1 aliphatic rings. The van der Waals surface area contributed by atoms with Crippen LogP contribution in [0.3, 0.4) is 0 Å². The molecule has 0 aliphatic carbocycles. The molecule has 2 N–H and O–H groups in total. The molecule has 1 aromatic carbocycles. The SMILES string of the molecule is O=C(O)c1ccc2nc(C(F)(F)F)cc(N3CCC(O)CC3)c2c1. The van der Waals surface area contributed by atoms with Gasteiger partial charge in [-0.25, -0.2) is 9.78 Å². The molecule has 128 valence electrons. The van der Waals surface area contributed by atoms with Crippen molar-refractivity contribution < 1.29 is 28.2 Å². The van der Waals surface area contributed by atoms with E-state index in [0.29, 0.717) is 37.0 Å². The Morgan fingerprint density at radius 3 is 2.46 bits per heavy atom. The lowest BCUT2D eigenvalue weighted by molar-refractivity contribution is -0.140. The molecule has 24 heavy (non-hydrogen) atoms. The zero-order chi connectivity index (χ0) is 17.5. The highest BCUT2D eigenvalue weighted by Crippen LogP contribution is 2.36. The van der Waals surface area contributed by atoms with Crippen LogP contribution >= 0.6 is 0 Å². The fourth-order valence-electron chi connectivity index (χ4n) is 2.85. The van der Waals surface area contributed by atoms with E-state index in [-0.39, 0.29) is 11.1 Å². The molecular weight excluding hydrogens is 325 g/mol. The number of anilines is 1. The molecular formula is C16H15F3N2O3. The molecule has 0 bridgehead atoms. The Hall–Kier alpha value is -2.35. The average molecular weight is 340 g/mol. The summed E-state index contributed by atoms with van der Waals surface area (Å²) in [7, 11) is 0. The molecule has 8 heteroatoms. The van der Waals surface area contributed by atoms with Gasteiger partial charge < -0.3 is 15.1 Å². The van der Waals surface area contributed by atoms with Crippen LogP contribution in [-0.2, 0) is 6.18 Å². The molecule has 5 nitrogen and oxygen atoms in total. The third kappa shape index (κ3) is 3.14. The van der Waals surface area contributed by atoms with Gasteiger partial charge in [-0.15, -0.1) is 0 Å². The second kappa shape index (κ2) is 5.94. The summed E-state index contributed by atoms with van der Waals surface area (Å²) in [6, 6.07) is 4.81. The summed E-state index contributed by atoms with van der Waals surface area (Å²) in [5.41, 5.74) is -0.639. The molecule has 0 amide bonds. The Morgan fingerprint density at radius 1 is 1.21 bits per heavy atom. The molecule has 0 spiro atoms. The first kappa shape index (κ1) is 16.5. The van der Waals surface area contributed by atoms with E-state index in [1.807, 2.05) is 0 Å². The highest BCUT2D eigenvalue weighted by atomic mass is 19.4. The van der Waals surface area contributed by atoms with Gasteiger partial charge in [0.25, 0.3) is 0 Å². The minimum atomic E-state index is -4.59. The van der Waals surface area contributed by atoms with Crippen LogP contribution in [0.15, 0.2) is 24.3 Å². The van der Waals surface area contributed by atoms with Crippen LogP contribution < -0.4 is 4.90 Å². The number of alkyl halides is 3. The Morgan fingerprint density at radius 2 is 1.88 bits per heavy atom. The predicted molar refractivity (Wildman–Crippen MR) is 81.2 cm³/mol. The first-order valence-corrected chi connectivity index (χ1v) is 7.44. The van der Waals surface area contributed by atoms with Crippen molar-refractivity contribution in [1.82, 2.24) is 4.98 Å². The zero-order valence-corrected chi connectivity index (χ0v) is 12.5. The predicted octanol–water partition coefficient (Wildman–Crippen LogP) is 2.91. The number of piperidine rings is 1. The Labute approximate surface area is 135 Å². The number of carboxylic acid groups (broad SMARTS) is 1. The van der Waals surface area contributed by atoms with Crippen LogP contribution in [0.2, 0.25) is 0 Å². The van der Waals surface area contributed by atoms with Gasteiger partial charge in [0.2, 0.25) is 0 Å². The summed E-state index contributed by atoms with van der Waals surface area (Å²) in [4.78, 5) is 16.5. The quantitative estimate of drug-likeness (QED) is 0.879. The number of halogens is 3. The average Bonchev–Trinajstić information content (AvgIpc) is 2.53. The summed E-state index contributed by atoms with van der Waals surface area (Å²) in [6.45, 7) is 0.795. The number of rotatable bonds is 2. The van der Waals surface area contributed by atoms with E-state index in [9.17, 15) is 23.1 Å². The van der Waals surface area contributed by atoms with Gasteiger partial charge >= 0.3 is 12.1 Å². The lowest BCUT2D eigenvalue weighted by Crippen LogP contribution is -2.36. The van der Waals surface area contributed by atoms with E-state index in [1.165, 1.54) is 18.2 Å². The molecule has 0 saturated carbocycles. The molecule has 0 radical (unpaired) electrons. The van der Waals surface area contributed by atoms with Gasteiger partial charge in [-0.3, -0.25) is 0 Å². The smallest absolute Gasteiger partial charge is 0.433 e. The van der Waals surface area contributed by atoms with Gasteiger partial charge in [0.15, 0.2) is 0 Å². The van der Waals surface area contributed by atoms with Crippen molar-refractivity contribution in [2.45, 2.75) is 25.1 Å². The van der Waals surface area contributed by atoms with Crippen LogP contribution in [0, 0.1) is 0 Å². The van der Waals surface area contributed by atoms with Gasteiger partial charge in [-0.05, 0) is 37.1 Å².